The van der Waals surface area contributed by atoms with Crippen molar-refractivity contribution in [1.82, 2.24) is 21.3 Å². The zero-order valence-corrected chi connectivity index (χ0v) is 33.3. The summed E-state index contributed by atoms with van der Waals surface area (Å²) in [7, 11) is 0. The molecule has 51 heavy (non-hydrogen) atoms. The molecule has 0 aromatic heterocycles. The minimum atomic E-state index is -1.39. The molecule has 0 aliphatic carbocycles. The van der Waals surface area contributed by atoms with E-state index in [1.165, 1.54) is 32.1 Å². The third-order valence-corrected chi connectivity index (χ3v) is 9.12. The Morgan fingerprint density at radius 3 is 1.82 bits per heavy atom. The maximum atomic E-state index is 13.8. The second kappa shape index (κ2) is 23.4. The number of ether oxygens (including phenoxy) is 2. The molecule has 1 fully saturated rings. The largest absolute Gasteiger partial charge is 0.460 e. The Labute approximate surface area is 307 Å². The Morgan fingerprint density at radius 2 is 1.29 bits per heavy atom. The van der Waals surface area contributed by atoms with Crippen LogP contribution in [0.15, 0.2) is 0 Å². The van der Waals surface area contributed by atoms with Crippen LogP contribution < -0.4 is 21.3 Å². The van der Waals surface area contributed by atoms with Crippen LogP contribution in [0.3, 0.4) is 0 Å². The van der Waals surface area contributed by atoms with E-state index in [9.17, 15) is 28.8 Å². The molecule has 0 aromatic rings. The Kier molecular flexibility index (Phi) is 21.0. The van der Waals surface area contributed by atoms with Crippen LogP contribution in [-0.2, 0) is 38.2 Å². The molecule has 12 nitrogen and oxygen atoms in total. The molecular weight excluding hydrogens is 652 g/mol. The van der Waals surface area contributed by atoms with Crippen LogP contribution in [0.2, 0.25) is 0 Å². The van der Waals surface area contributed by atoms with Crippen LogP contribution in [0.5, 0.6) is 0 Å². The molecule has 6 atom stereocenters. The third kappa shape index (κ3) is 18.8. The van der Waals surface area contributed by atoms with Crippen LogP contribution in [0.1, 0.15) is 159 Å². The number of nitrogens with one attached hydrogen (secondary N) is 4. The van der Waals surface area contributed by atoms with E-state index >= 15 is 0 Å². The van der Waals surface area contributed by atoms with Crippen LogP contribution in [0, 0.1) is 17.8 Å². The molecule has 12 heteroatoms. The van der Waals surface area contributed by atoms with E-state index in [2.05, 4.69) is 28.2 Å². The van der Waals surface area contributed by atoms with Gasteiger partial charge < -0.3 is 30.7 Å². The summed E-state index contributed by atoms with van der Waals surface area (Å²) in [5, 5.41) is 11.0. The maximum absolute atomic E-state index is 13.8. The highest BCUT2D eigenvalue weighted by Gasteiger charge is 2.37. The van der Waals surface area contributed by atoms with Gasteiger partial charge in [-0.15, -0.1) is 0 Å². The highest BCUT2D eigenvalue weighted by molar-refractivity contribution is 5.97. The van der Waals surface area contributed by atoms with E-state index in [-0.39, 0.29) is 30.6 Å². The Bertz CT molecular complexity index is 1120. The standard InChI is InChI=1S/C39H70N4O8/c1-11-13-14-15-16-17-18-19-20-21-28-23-31(44)42-33(26(5)6)37(48)41-30(24-32(45)51-39(8,9)10)35(46)40-29(22-25(3)4)36(47)43-34(27(7)12-2)38(49)50-28/h25-30,33-34H,11-24H2,1-10H3,(H,40,46)(H,41,48)(H,42,44)(H,43,47)/t27-,28?,29+,30-,33-,34-/m0/s1. The Morgan fingerprint density at radius 1 is 0.745 bits per heavy atom. The number of unbranched alkanes of at least 4 members (excludes halogenated alkanes) is 8. The zero-order valence-electron chi connectivity index (χ0n) is 33.3. The van der Waals surface area contributed by atoms with Gasteiger partial charge in [0.25, 0.3) is 0 Å². The molecule has 1 rings (SSSR count). The van der Waals surface area contributed by atoms with Crippen molar-refractivity contribution in [2.45, 2.75) is 195 Å². The Hall–Kier alpha value is -3.18. The molecular formula is C39H70N4O8. The first kappa shape index (κ1) is 45.8. The van der Waals surface area contributed by atoms with Gasteiger partial charge in [0.1, 0.15) is 35.9 Å². The molecule has 1 unspecified atom stereocenters. The van der Waals surface area contributed by atoms with Crippen molar-refractivity contribution in [2.75, 3.05) is 0 Å². The second-order valence-electron chi connectivity index (χ2n) is 16.1. The Balaban J connectivity index is 3.45. The van der Waals surface area contributed by atoms with E-state index in [0.29, 0.717) is 12.8 Å². The van der Waals surface area contributed by atoms with E-state index in [1.54, 1.807) is 34.6 Å². The number of amides is 4. The lowest BCUT2D eigenvalue weighted by atomic mass is 9.96. The van der Waals surface area contributed by atoms with Gasteiger partial charge in [-0.2, -0.15) is 0 Å². The van der Waals surface area contributed by atoms with E-state index in [4.69, 9.17) is 9.47 Å². The summed E-state index contributed by atoms with van der Waals surface area (Å²) in [4.78, 5) is 81.3. The first-order valence-corrected chi connectivity index (χ1v) is 19.5. The van der Waals surface area contributed by atoms with Crippen LogP contribution in [-0.4, -0.2) is 71.4 Å². The molecule has 0 radical (unpaired) electrons. The van der Waals surface area contributed by atoms with Crippen LogP contribution >= 0.6 is 0 Å². The van der Waals surface area contributed by atoms with Crippen molar-refractivity contribution in [3.63, 3.8) is 0 Å². The van der Waals surface area contributed by atoms with Crippen molar-refractivity contribution >= 4 is 35.6 Å². The molecule has 0 aromatic carbocycles. The van der Waals surface area contributed by atoms with Crippen LogP contribution in [0.4, 0.5) is 0 Å². The quantitative estimate of drug-likeness (QED) is 0.110. The molecule has 0 bridgehead atoms. The predicted octanol–water partition coefficient (Wildman–Crippen LogP) is 5.64. The highest BCUT2D eigenvalue weighted by Crippen LogP contribution is 2.19. The second-order valence-corrected chi connectivity index (χ2v) is 16.1. The molecule has 1 aliphatic rings. The van der Waals surface area contributed by atoms with Gasteiger partial charge in [0, 0.05) is 0 Å². The lowest BCUT2D eigenvalue weighted by Gasteiger charge is -2.31. The molecule has 1 heterocycles. The van der Waals surface area contributed by atoms with Gasteiger partial charge in [-0.05, 0) is 57.8 Å². The van der Waals surface area contributed by atoms with Gasteiger partial charge in [0.2, 0.25) is 23.6 Å². The highest BCUT2D eigenvalue weighted by atomic mass is 16.6. The van der Waals surface area contributed by atoms with Gasteiger partial charge in [-0.3, -0.25) is 24.0 Å². The fraction of sp³-hybridized carbons (Fsp3) is 0.846. The fourth-order valence-corrected chi connectivity index (χ4v) is 6.02. The molecule has 4 N–H and O–H groups in total. The lowest BCUT2D eigenvalue weighted by molar-refractivity contribution is -0.158. The number of hydrogen-bond donors (Lipinski definition) is 4. The molecule has 294 valence electrons. The summed E-state index contributed by atoms with van der Waals surface area (Å²) in [6.07, 6.45) is 9.82. The van der Waals surface area contributed by atoms with Crippen molar-refractivity contribution in [1.29, 1.82) is 0 Å². The first-order chi connectivity index (χ1) is 23.9. The minimum absolute atomic E-state index is 0.0270. The van der Waals surface area contributed by atoms with Gasteiger partial charge in [0.15, 0.2) is 0 Å². The average molecular weight is 723 g/mol. The zero-order chi connectivity index (χ0) is 38.7. The van der Waals surface area contributed by atoms with Crippen molar-refractivity contribution in [3.8, 4) is 0 Å². The summed E-state index contributed by atoms with van der Waals surface area (Å²) in [6, 6.07) is -4.53. The fourth-order valence-electron chi connectivity index (χ4n) is 6.02. The summed E-state index contributed by atoms with van der Waals surface area (Å²) in [6.45, 7) is 18.3. The number of esters is 2. The molecule has 0 saturated carbocycles. The SMILES string of the molecule is CCCCCCCCCCCC1CC(=O)N[C@@H](C(C)C)C(=O)N[C@@H](CC(=O)OC(C)(C)C)C(=O)N[C@H](CC(C)C)C(=O)N[C@@H]([C@@H](C)CC)C(=O)O1. The van der Waals surface area contributed by atoms with Crippen molar-refractivity contribution < 1.29 is 38.2 Å². The predicted molar refractivity (Wildman–Crippen MR) is 198 cm³/mol. The monoisotopic (exact) mass is 723 g/mol. The molecule has 1 aliphatic heterocycles. The topological polar surface area (TPSA) is 169 Å². The summed E-state index contributed by atoms with van der Waals surface area (Å²) < 4.78 is 11.4. The maximum Gasteiger partial charge on any atom is 0.329 e. The number of carbonyl (C=O) groups is 6. The summed E-state index contributed by atoms with van der Waals surface area (Å²) >= 11 is 0. The number of carbonyl (C=O) groups excluding carboxylic acids is 6. The summed E-state index contributed by atoms with van der Waals surface area (Å²) in [5.74, 6) is -4.57. The van der Waals surface area contributed by atoms with Gasteiger partial charge >= 0.3 is 11.9 Å². The molecule has 1 saturated heterocycles. The summed E-state index contributed by atoms with van der Waals surface area (Å²) in [5.41, 5.74) is -0.839. The van der Waals surface area contributed by atoms with E-state index in [1.807, 2.05) is 27.7 Å². The van der Waals surface area contributed by atoms with E-state index in [0.717, 1.165) is 25.7 Å². The first-order valence-electron chi connectivity index (χ1n) is 19.5. The molecule has 0 spiro atoms. The van der Waals surface area contributed by atoms with Crippen LogP contribution in [0.25, 0.3) is 0 Å². The van der Waals surface area contributed by atoms with Crippen molar-refractivity contribution in [2.24, 2.45) is 17.8 Å². The normalized spacial score (nSPS) is 23.6. The minimum Gasteiger partial charge on any atom is -0.460 e. The number of rotatable bonds is 17. The molecule has 4 amide bonds. The van der Waals surface area contributed by atoms with Crippen molar-refractivity contribution in [3.05, 3.63) is 0 Å². The van der Waals surface area contributed by atoms with Gasteiger partial charge in [-0.1, -0.05) is 106 Å². The average Bonchev–Trinajstić information content (AvgIpc) is 3.02. The van der Waals surface area contributed by atoms with Gasteiger partial charge in [-0.25, -0.2) is 4.79 Å². The number of cyclic esters (lactones) is 1. The number of hydrogen-bond acceptors (Lipinski definition) is 8. The smallest absolute Gasteiger partial charge is 0.329 e. The third-order valence-electron chi connectivity index (χ3n) is 9.12. The lowest BCUT2D eigenvalue weighted by Crippen LogP contribution is -2.60. The van der Waals surface area contributed by atoms with E-state index < -0.39 is 77.9 Å². The van der Waals surface area contributed by atoms with Gasteiger partial charge in [0.05, 0.1) is 12.8 Å².